The van der Waals surface area contributed by atoms with Crippen LogP contribution >= 0.6 is 0 Å². The van der Waals surface area contributed by atoms with Crippen molar-refractivity contribution in [3.05, 3.63) is 41.0 Å². The zero-order valence-electron chi connectivity index (χ0n) is 14.0. The number of carboxylic acids is 1. The van der Waals surface area contributed by atoms with Crippen molar-refractivity contribution in [2.75, 3.05) is 33.4 Å². The van der Waals surface area contributed by atoms with Crippen molar-refractivity contribution in [2.24, 2.45) is 5.41 Å². The molecule has 2 rings (SSSR count). The fourth-order valence-electron chi connectivity index (χ4n) is 2.93. The highest BCUT2D eigenvalue weighted by atomic mass is 16.5. The Morgan fingerprint density at radius 1 is 1.26 bits per heavy atom. The maximum atomic E-state index is 11.6. The molecule has 1 aromatic carbocycles. The molecule has 2 N–H and O–H groups in total. The third-order valence-corrected chi connectivity index (χ3v) is 4.05. The molecule has 1 aliphatic rings. The van der Waals surface area contributed by atoms with Crippen LogP contribution in [-0.2, 0) is 20.9 Å². The molecule has 1 heterocycles. The molecule has 5 nitrogen and oxygen atoms in total. The molecular weight excluding hydrogens is 294 g/mol. The highest BCUT2D eigenvalue weighted by Gasteiger charge is 2.33. The Balaban J connectivity index is 2.20. The molecule has 0 amide bonds. The van der Waals surface area contributed by atoms with E-state index in [0.29, 0.717) is 31.9 Å². The van der Waals surface area contributed by atoms with E-state index in [1.54, 1.807) is 7.11 Å². The number of nitrogens with one attached hydrogen (secondary N) is 1. The largest absolute Gasteiger partial charge is 0.478 e. The zero-order chi connectivity index (χ0) is 16.9. The Kier molecular flexibility index (Phi) is 5.93. The van der Waals surface area contributed by atoms with Crippen molar-refractivity contribution in [1.82, 2.24) is 5.32 Å². The predicted molar refractivity (Wildman–Crippen MR) is 89.2 cm³/mol. The normalized spacial score (nSPS) is 17.3. The number of benzene rings is 1. The van der Waals surface area contributed by atoms with Crippen LogP contribution in [0.25, 0.3) is 5.57 Å². The number of rotatable bonds is 7. The number of hydrogen-bond donors (Lipinski definition) is 2. The summed E-state index contributed by atoms with van der Waals surface area (Å²) >= 11 is 0. The second-order valence-electron chi connectivity index (χ2n) is 6.39. The van der Waals surface area contributed by atoms with Crippen molar-refractivity contribution in [1.29, 1.82) is 0 Å². The molecule has 1 aliphatic heterocycles. The summed E-state index contributed by atoms with van der Waals surface area (Å²) in [6.45, 7) is 6.97. The molecule has 126 valence electrons. The average Bonchev–Trinajstić information content (AvgIpc) is 2.51. The van der Waals surface area contributed by atoms with Crippen LogP contribution in [0.15, 0.2) is 29.8 Å². The topological polar surface area (TPSA) is 67.8 Å². The number of hydrogen-bond acceptors (Lipinski definition) is 4. The highest BCUT2D eigenvalue weighted by Crippen LogP contribution is 2.38. The highest BCUT2D eigenvalue weighted by molar-refractivity contribution is 5.98. The first-order valence-electron chi connectivity index (χ1n) is 7.79. The van der Waals surface area contributed by atoms with Gasteiger partial charge in [-0.15, -0.1) is 0 Å². The van der Waals surface area contributed by atoms with Gasteiger partial charge < -0.3 is 19.9 Å². The van der Waals surface area contributed by atoms with Gasteiger partial charge in [-0.05, 0) is 16.7 Å². The van der Waals surface area contributed by atoms with E-state index in [4.69, 9.17) is 9.47 Å². The molecule has 0 spiro atoms. The van der Waals surface area contributed by atoms with E-state index in [9.17, 15) is 9.90 Å². The van der Waals surface area contributed by atoms with E-state index in [0.717, 1.165) is 23.2 Å². The Morgan fingerprint density at radius 3 is 2.57 bits per heavy atom. The summed E-state index contributed by atoms with van der Waals surface area (Å²) in [7, 11) is 1.65. The standard InChI is InChI=1S/C18H25NO4/c1-18(2)12-19-10-15(17(20)21)16(18)14-6-4-13(5-7-14)11-23-9-8-22-3/h4-7,19H,8-12H2,1-3H3,(H,20,21). The summed E-state index contributed by atoms with van der Waals surface area (Å²) < 4.78 is 10.4. The Morgan fingerprint density at radius 2 is 1.96 bits per heavy atom. The maximum Gasteiger partial charge on any atom is 0.333 e. The third-order valence-electron chi connectivity index (χ3n) is 4.05. The van der Waals surface area contributed by atoms with Gasteiger partial charge in [0.15, 0.2) is 0 Å². The summed E-state index contributed by atoms with van der Waals surface area (Å²) in [4.78, 5) is 11.6. The van der Waals surface area contributed by atoms with Crippen LogP contribution in [0.3, 0.4) is 0 Å². The summed E-state index contributed by atoms with van der Waals surface area (Å²) in [5.74, 6) is -0.854. The lowest BCUT2D eigenvalue weighted by Crippen LogP contribution is -2.39. The number of carbonyl (C=O) groups is 1. The lowest BCUT2D eigenvalue weighted by atomic mass is 9.75. The molecule has 5 heteroatoms. The monoisotopic (exact) mass is 319 g/mol. The average molecular weight is 319 g/mol. The number of carboxylic acid groups (broad SMARTS) is 1. The van der Waals surface area contributed by atoms with Gasteiger partial charge >= 0.3 is 5.97 Å². The fraction of sp³-hybridized carbons (Fsp3) is 0.500. The fourth-order valence-corrected chi connectivity index (χ4v) is 2.93. The third kappa shape index (κ3) is 4.41. The minimum atomic E-state index is -0.854. The summed E-state index contributed by atoms with van der Waals surface area (Å²) in [5.41, 5.74) is 3.17. The second kappa shape index (κ2) is 7.73. The predicted octanol–water partition coefficient (Wildman–Crippen LogP) is 2.32. The molecule has 1 aromatic rings. The smallest absolute Gasteiger partial charge is 0.333 e. The van der Waals surface area contributed by atoms with Crippen LogP contribution in [0.4, 0.5) is 0 Å². The van der Waals surface area contributed by atoms with Gasteiger partial charge in [-0.3, -0.25) is 0 Å². The van der Waals surface area contributed by atoms with Crippen LogP contribution < -0.4 is 5.32 Å². The van der Waals surface area contributed by atoms with Crippen molar-refractivity contribution >= 4 is 11.5 Å². The van der Waals surface area contributed by atoms with Crippen LogP contribution in [0.5, 0.6) is 0 Å². The molecule has 0 saturated heterocycles. The molecule has 0 saturated carbocycles. The molecule has 23 heavy (non-hydrogen) atoms. The Labute approximate surface area is 137 Å². The molecule has 0 bridgehead atoms. The Hall–Kier alpha value is -1.69. The number of aliphatic carboxylic acids is 1. The molecular formula is C18H25NO4. The lowest BCUT2D eigenvalue weighted by molar-refractivity contribution is -0.132. The van der Waals surface area contributed by atoms with Crippen LogP contribution in [0.1, 0.15) is 25.0 Å². The van der Waals surface area contributed by atoms with Gasteiger partial charge in [0.2, 0.25) is 0 Å². The van der Waals surface area contributed by atoms with Gasteiger partial charge in [0.05, 0.1) is 25.4 Å². The van der Waals surface area contributed by atoms with Gasteiger partial charge in [-0.25, -0.2) is 4.79 Å². The minimum absolute atomic E-state index is 0.220. The minimum Gasteiger partial charge on any atom is -0.478 e. The van der Waals surface area contributed by atoms with E-state index >= 15 is 0 Å². The van der Waals surface area contributed by atoms with Gasteiger partial charge in [-0.1, -0.05) is 38.1 Å². The number of methoxy groups -OCH3 is 1. The van der Waals surface area contributed by atoms with Gasteiger partial charge in [-0.2, -0.15) is 0 Å². The first-order valence-corrected chi connectivity index (χ1v) is 7.79. The van der Waals surface area contributed by atoms with E-state index in [2.05, 4.69) is 19.2 Å². The van der Waals surface area contributed by atoms with Crippen molar-refractivity contribution in [2.45, 2.75) is 20.5 Å². The van der Waals surface area contributed by atoms with Crippen LogP contribution in [0, 0.1) is 5.41 Å². The molecule has 0 aliphatic carbocycles. The van der Waals surface area contributed by atoms with Crippen LogP contribution in [-0.4, -0.2) is 44.5 Å². The molecule has 0 unspecified atom stereocenters. The molecule has 0 fully saturated rings. The molecule has 0 radical (unpaired) electrons. The van der Waals surface area contributed by atoms with Crippen LogP contribution in [0.2, 0.25) is 0 Å². The van der Waals surface area contributed by atoms with Crippen molar-refractivity contribution < 1.29 is 19.4 Å². The van der Waals surface area contributed by atoms with Gasteiger partial charge in [0.1, 0.15) is 0 Å². The SMILES string of the molecule is COCCOCc1ccc(C2=C(C(=O)O)CNCC2(C)C)cc1. The summed E-state index contributed by atoms with van der Waals surface area (Å²) in [6.07, 6.45) is 0. The van der Waals surface area contributed by atoms with E-state index in [1.807, 2.05) is 24.3 Å². The molecule has 0 atom stereocenters. The second-order valence-corrected chi connectivity index (χ2v) is 6.39. The van der Waals surface area contributed by atoms with Gasteiger partial charge in [0, 0.05) is 25.6 Å². The first kappa shape index (κ1) is 17.7. The lowest BCUT2D eigenvalue weighted by Gasteiger charge is -2.35. The number of ether oxygens (including phenoxy) is 2. The molecule has 0 aromatic heterocycles. The first-order chi connectivity index (χ1) is 11.0. The van der Waals surface area contributed by atoms with E-state index in [-0.39, 0.29) is 5.41 Å². The summed E-state index contributed by atoms with van der Waals surface area (Å²) in [6, 6.07) is 7.96. The van der Waals surface area contributed by atoms with Gasteiger partial charge in [0.25, 0.3) is 0 Å². The Bertz CT molecular complexity index is 575. The van der Waals surface area contributed by atoms with Crippen molar-refractivity contribution in [3.63, 3.8) is 0 Å². The quantitative estimate of drug-likeness (QED) is 0.755. The maximum absolute atomic E-state index is 11.6. The zero-order valence-corrected chi connectivity index (χ0v) is 14.0. The van der Waals surface area contributed by atoms with Crippen molar-refractivity contribution in [3.8, 4) is 0 Å². The van der Waals surface area contributed by atoms with E-state index in [1.165, 1.54) is 0 Å². The summed E-state index contributed by atoms with van der Waals surface area (Å²) in [5, 5.41) is 12.7. The van der Waals surface area contributed by atoms with E-state index < -0.39 is 5.97 Å².